The fourth-order valence-corrected chi connectivity index (χ4v) is 3.65. The van der Waals surface area contributed by atoms with E-state index in [0.29, 0.717) is 22.8 Å². The van der Waals surface area contributed by atoms with Crippen LogP contribution < -0.4 is 16.2 Å². The first-order chi connectivity index (χ1) is 13.0. The van der Waals surface area contributed by atoms with Gasteiger partial charge in [0.2, 0.25) is 0 Å². The highest BCUT2D eigenvalue weighted by atomic mass is 35.5. The maximum atomic E-state index is 13.9. The second-order valence-corrected chi connectivity index (χ2v) is 8.20. The van der Waals surface area contributed by atoms with Crippen molar-refractivity contribution in [1.82, 2.24) is 5.43 Å². The summed E-state index contributed by atoms with van der Waals surface area (Å²) in [5.74, 6) is 0. The molecule has 0 bridgehead atoms. The van der Waals surface area contributed by atoms with Crippen LogP contribution in [0.1, 0.15) is 31.4 Å². The Balaban J connectivity index is 1.83. The number of hydrogen-bond donors (Lipinski definition) is 4. The van der Waals surface area contributed by atoms with E-state index >= 15 is 0 Å². The number of benzene rings is 2. The molecule has 1 aliphatic rings. The molecule has 1 unspecified atom stereocenters. The number of alkyl halides is 3. The smallest absolute Gasteiger partial charge is 0.381 e. The van der Waals surface area contributed by atoms with Gasteiger partial charge in [-0.05, 0) is 41.7 Å². The third-order valence-corrected chi connectivity index (χ3v) is 5.38. The molecular formula is C20H23ClF3N3O. The number of halogens is 4. The highest BCUT2D eigenvalue weighted by molar-refractivity contribution is 6.30. The van der Waals surface area contributed by atoms with Gasteiger partial charge in [-0.3, -0.25) is 0 Å². The topological polar surface area (TPSA) is 56.3 Å². The third kappa shape index (κ3) is 4.21. The van der Waals surface area contributed by atoms with Gasteiger partial charge in [0.15, 0.2) is 5.60 Å². The molecule has 1 heterocycles. The lowest BCUT2D eigenvalue weighted by molar-refractivity contribution is -0.260. The van der Waals surface area contributed by atoms with Crippen LogP contribution >= 0.6 is 11.6 Å². The molecule has 4 nitrogen and oxygen atoms in total. The molecule has 2 aromatic rings. The SMILES string of the molecule is CC(C)(CC(O)(CNc1cccc2c1CNN2)C(F)(F)F)c1ccc(Cl)cc1. The molecule has 0 saturated carbocycles. The van der Waals surface area contributed by atoms with Crippen molar-refractivity contribution in [2.45, 2.75) is 44.0 Å². The Kier molecular flexibility index (Phi) is 5.53. The summed E-state index contributed by atoms with van der Waals surface area (Å²) in [6.45, 7) is 3.20. The van der Waals surface area contributed by atoms with Gasteiger partial charge < -0.3 is 15.8 Å². The summed E-state index contributed by atoms with van der Waals surface area (Å²) in [6.07, 6.45) is -5.29. The fraction of sp³-hybridized carbons (Fsp3) is 0.400. The van der Waals surface area contributed by atoms with E-state index in [1.807, 2.05) is 6.07 Å². The standard InChI is InChI=1S/C20H23ClF3N3O/c1-18(2,13-6-8-14(21)9-7-13)11-19(28,20(22,23)24)12-25-16-4-3-5-17-15(16)10-26-27-17/h3-9,25-28H,10-12H2,1-2H3. The molecule has 2 aromatic carbocycles. The van der Waals surface area contributed by atoms with Crippen LogP contribution in [0.4, 0.5) is 24.5 Å². The number of fused-ring (bicyclic) bond motifs is 1. The van der Waals surface area contributed by atoms with E-state index in [1.54, 1.807) is 50.2 Å². The number of hydrogen-bond acceptors (Lipinski definition) is 4. The number of anilines is 2. The van der Waals surface area contributed by atoms with Crippen molar-refractivity contribution in [2.24, 2.45) is 0 Å². The lowest BCUT2D eigenvalue weighted by atomic mass is 9.75. The first-order valence-electron chi connectivity index (χ1n) is 8.92. The molecule has 1 atom stereocenters. The van der Waals surface area contributed by atoms with E-state index in [1.165, 1.54) is 0 Å². The van der Waals surface area contributed by atoms with Crippen LogP contribution in [-0.2, 0) is 12.0 Å². The van der Waals surface area contributed by atoms with E-state index < -0.39 is 30.2 Å². The van der Waals surface area contributed by atoms with Crippen molar-refractivity contribution in [3.8, 4) is 0 Å². The van der Waals surface area contributed by atoms with Crippen LogP contribution in [0, 0.1) is 0 Å². The number of rotatable bonds is 6. The second kappa shape index (κ2) is 7.46. The normalized spacial score (nSPS) is 16.2. The minimum atomic E-state index is -4.79. The van der Waals surface area contributed by atoms with Gasteiger partial charge >= 0.3 is 6.18 Å². The molecule has 4 N–H and O–H groups in total. The maximum Gasteiger partial charge on any atom is 0.418 e. The predicted octanol–water partition coefficient (Wildman–Crippen LogP) is 4.84. The zero-order valence-corrected chi connectivity index (χ0v) is 16.4. The van der Waals surface area contributed by atoms with Gasteiger partial charge in [0.1, 0.15) is 0 Å². The molecular weight excluding hydrogens is 391 g/mol. The molecule has 0 spiro atoms. The van der Waals surface area contributed by atoms with Crippen molar-refractivity contribution in [3.05, 3.63) is 58.6 Å². The molecule has 0 aliphatic carbocycles. The molecule has 8 heteroatoms. The zero-order chi connectivity index (χ0) is 20.6. The Morgan fingerprint density at radius 1 is 1.11 bits per heavy atom. The second-order valence-electron chi connectivity index (χ2n) is 7.76. The van der Waals surface area contributed by atoms with Gasteiger partial charge in [-0.1, -0.05) is 43.6 Å². The van der Waals surface area contributed by atoms with Gasteiger partial charge in [0.05, 0.1) is 12.2 Å². The van der Waals surface area contributed by atoms with Crippen LogP contribution in [0.2, 0.25) is 5.02 Å². The summed E-state index contributed by atoms with van der Waals surface area (Å²) in [4.78, 5) is 0. The highest BCUT2D eigenvalue weighted by Gasteiger charge is 2.55. The number of hydrazine groups is 1. The van der Waals surface area contributed by atoms with Crippen molar-refractivity contribution in [1.29, 1.82) is 0 Å². The Labute approximate surface area is 167 Å². The van der Waals surface area contributed by atoms with Gasteiger partial charge in [0.25, 0.3) is 0 Å². The Morgan fingerprint density at radius 2 is 1.79 bits per heavy atom. The monoisotopic (exact) mass is 413 g/mol. The summed E-state index contributed by atoms with van der Waals surface area (Å²) in [6, 6.07) is 11.9. The van der Waals surface area contributed by atoms with Gasteiger partial charge in [-0.2, -0.15) is 13.2 Å². The lowest BCUT2D eigenvalue weighted by Gasteiger charge is -2.38. The van der Waals surface area contributed by atoms with E-state index in [4.69, 9.17) is 11.6 Å². The van der Waals surface area contributed by atoms with Crippen molar-refractivity contribution in [2.75, 3.05) is 17.3 Å². The van der Waals surface area contributed by atoms with Crippen LogP contribution in [0.15, 0.2) is 42.5 Å². The van der Waals surface area contributed by atoms with E-state index in [-0.39, 0.29) is 0 Å². The summed E-state index contributed by atoms with van der Waals surface area (Å²) in [5.41, 5.74) is 4.93. The Bertz CT molecular complexity index is 840. The first kappa shape index (κ1) is 20.8. The van der Waals surface area contributed by atoms with E-state index in [2.05, 4.69) is 16.2 Å². The zero-order valence-electron chi connectivity index (χ0n) is 15.6. The Hall–Kier alpha value is -1.96. The molecule has 0 saturated heterocycles. The molecule has 28 heavy (non-hydrogen) atoms. The van der Waals surface area contributed by atoms with Crippen LogP contribution in [0.5, 0.6) is 0 Å². The van der Waals surface area contributed by atoms with Gasteiger partial charge in [-0.15, -0.1) is 0 Å². The summed E-state index contributed by atoms with van der Waals surface area (Å²) < 4.78 is 41.6. The Morgan fingerprint density at radius 3 is 2.43 bits per heavy atom. The van der Waals surface area contributed by atoms with Gasteiger partial charge in [-0.25, -0.2) is 5.43 Å². The summed E-state index contributed by atoms with van der Waals surface area (Å²) >= 11 is 5.88. The van der Waals surface area contributed by atoms with Gasteiger partial charge in [0, 0.05) is 22.8 Å². The predicted molar refractivity (Wildman–Crippen MR) is 105 cm³/mol. The number of aliphatic hydroxyl groups is 1. The van der Waals surface area contributed by atoms with Crippen molar-refractivity contribution >= 4 is 23.0 Å². The minimum Gasteiger partial charge on any atom is -0.381 e. The van der Waals surface area contributed by atoms with E-state index in [9.17, 15) is 18.3 Å². The van der Waals surface area contributed by atoms with Crippen LogP contribution in [-0.4, -0.2) is 23.4 Å². The lowest BCUT2D eigenvalue weighted by Crippen LogP contribution is -2.53. The molecule has 0 aromatic heterocycles. The van der Waals surface area contributed by atoms with Crippen LogP contribution in [0.25, 0.3) is 0 Å². The summed E-state index contributed by atoms with van der Waals surface area (Å²) in [7, 11) is 0. The molecule has 0 fully saturated rings. The van der Waals surface area contributed by atoms with Crippen LogP contribution in [0.3, 0.4) is 0 Å². The average molecular weight is 414 g/mol. The maximum absolute atomic E-state index is 13.9. The number of nitrogens with one attached hydrogen (secondary N) is 3. The fourth-order valence-electron chi connectivity index (χ4n) is 3.53. The average Bonchev–Trinajstić information content (AvgIpc) is 3.08. The molecule has 152 valence electrons. The minimum absolute atomic E-state index is 0.485. The molecule has 1 aliphatic heterocycles. The first-order valence-corrected chi connectivity index (χ1v) is 9.29. The third-order valence-electron chi connectivity index (χ3n) is 5.12. The largest absolute Gasteiger partial charge is 0.418 e. The van der Waals surface area contributed by atoms with Crippen molar-refractivity contribution < 1.29 is 18.3 Å². The highest BCUT2D eigenvalue weighted by Crippen LogP contribution is 2.42. The van der Waals surface area contributed by atoms with Crippen molar-refractivity contribution in [3.63, 3.8) is 0 Å². The molecule has 0 amide bonds. The summed E-state index contributed by atoms with van der Waals surface area (Å²) in [5, 5.41) is 14.0. The molecule has 0 radical (unpaired) electrons. The van der Waals surface area contributed by atoms with E-state index in [0.717, 1.165) is 11.3 Å². The quantitative estimate of drug-likeness (QED) is 0.547. The molecule has 3 rings (SSSR count).